The summed E-state index contributed by atoms with van der Waals surface area (Å²) in [7, 11) is 0. The number of allylic oxidation sites excluding steroid dienone is 1. The Bertz CT molecular complexity index is 726. The van der Waals surface area contributed by atoms with Gasteiger partial charge in [0.1, 0.15) is 0 Å². The summed E-state index contributed by atoms with van der Waals surface area (Å²) in [6.07, 6.45) is 2.81. The van der Waals surface area contributed by atoms with Gasteiger partial charge >= 0.3 is 0 Å². The van der Waals surface area contributed by atoms with E-state index in [9.17, 15) is 14.9 Å². The molecule has 0 aliphatic heterocycles. The molecule has 0 radical (unpaired) electrons. The van der Waals surface area contributed by atoms with Gasteiger partial charge in [0, 0.05) is 27.2 Å². The largest absolute Gasteiger partial charge is 0.289 e. The summed E-state index contributed by atoms with van der Waals surface area (Å²) < 4.78 is 0.879. The molecule has 0 aromatic heterocycles. The molecule has 0 N–H and O–H groups in total. The van der Waals surface area contributed by atoms with Gasteiger partial charge in [0.25, 0.3) is 5.69 Å². The van der Waals surface area contributed by atoms with Gasteiger partial charge in [0.05, 0.1) is 4.92 Å². The minimum atomic E-state index is -0.510. The first-order chi connectivity index (χ1) is 9.97. The first kappa shape index (κ1) is 15.4. The quantitative estimate of drug-likeness (QED) is 0.334. The summed E-state index contributed by atoms with van der Waals surface area (Å²) in [6, 6.07) is 11.0. The van der Waals surface area contributed by atoms with Gasteiger partial charge in [0.15, 0.2) is 5.78 Å². The second kappa shape index (κ2) is 6.65. The molecule has 21 heavy (non-hydrogen) atoms. The molecule has 0 aliphatic rings. The van der Waals surface area contributed by atoms with Crippen molar-refractivity contribution in [3.63, 3.8) is 0 Å². The molecule has 0 atom stereocenters. The van der Waals surface area contributed by atoms with Crippen LogP contribution < -0.4 is 0 Å². The molecule has 0 fully saturated rings. The highest BCUT2D eigenvalue weighted by atomic mass is 79.9. The fraction of sp³-hybridized carbons (Fsp3) is 0. The summed E-state index contributed by atoms with van der Waals surface area (Å²) in [5.74, 6) is -0.204. The Kier molecular flexibility index (Phi) is 4.88. The Morgan fingerprint density at radius 1 is 1.19 bits per heavy atom. The number of nitro benzene ring substituents is 1. The highest BCUT2D eigenvalue weighted by Crippen LogP contribution is 2.23. The molecule has 2 aromatic carbocycles. The van der Waals surface area contributed by atoms with Crippen LogP contribution in [0.25, 0.3) is 6.08 Å². The third-order valence-corrected chi connectivity index (χ3v) is 3.61. The zero-order chi connectivity index (χ0) is 15.4. The number of benzene rings is 2. The molecule has 0 bridgehead atoms. The lowest BCUT2D eigenvalue weighted by Gasteiger charge is -1.99. The van der Waals surface area contributed by atoms with Gasteiger partial charge in [-0.25, -0.2) is 0 Å². The first-order valence-corrected chi connectivity index (χ1v) is 7.06. The number of carbonyl (C=O) groups is 1. The number of non-ortho nitro benzene ring substituents is 1. The molecular weight excluding hydrogens is 358 g/mol. The van der Waals surface area contributed by atoms with Crippen LogP contribution in [0.4, 0.5) is 5.69 Å². The first-order valence-electron chi connectivity index (χ1n) is 5.89. The number of halogens is 2. The van der Waals surface area contributed by atoms with Gasteiger partial charge in [-0.3, -0.25) is 14.9 Å². The van der Waals surface area contributed by atoms with Crippen molar-refractivity contribution >= 4 is 45.1 Å². The van der Waals surface area contributed by atoms with Gasteiger partial charge in [-0.1, -0.05) is 27.5 Å². The Morgan fingerprint density at radius 3 is 2.48 bits per heavy atom. The molecule has 0 heterocycles. The Labute approximate surface area is 134 Å². The van der Waals surface area contributed by atoms with Gasteiger partial charge in [0.2, 0.25) is 0 Å². The maximum absolute atomic E-state index is 12.0. The van der Waals surface area contributed by atoms with E-state index in [1.54, 1.807) is 24.3 Å². The van der Waals surface area contributed by atoms with E-state index in [1.165, 1.54) is 30.4 Å². The van der Waals surface area contributed by atoms with E-state index < -0.39 is 4.92 Å². The highest BCUT2D eigenvalue weighted by Gasteiger charge is 2.08. The van der Waals surface area contributed by atoms with Crippen LogP contribution >= 0.6 is 27.5 Å². The number of hydrogen-bond acceptors (Lipinski definition) is 3. The van der Waals surface area contributed by atoms with Crippen LogP contribution in [0.2, 0.25) is 5.02 Å². The second-order valence-corrected chi connectivity index (χ2v) is 5.49. The number of hydrogen-bond donors (Lipinski definition) is 0. The topological polar surface area (TPSA) is 60.2 Å². The lowest BCUT2D eigenvalue weighted by Crippen LogP contribution is -1.93. The maximum atomic E-state index is 12.0. The van der Waals surface area contributed by atoms with Crippen molar-refractivity contribution in [2.75, 3.05) is 0 Å². The Balaban J connectivity index is 2.24. The number of carbonyl (C=O) groups excluding carboxylic acids is 1. The van der Waals surface area contributed by atoms with Crippen LogP contribution in [-0.4, -0.2) is 10.7 Å². The van der Waals surface area contributed by atoms with Crippen LogP contribution in [-0.2, 0) is 0 Å². The third-order valence-electron chi connectivity index (χ3n) is 2.73. The van der Waals surface area contributed by atoms with Crippen molar-refractivity contribution in [1.82, 2.24) is 0 Å². The van der Waals surface area contributed by atoms with Crippen LogP contribution in [0.1, 0.15) is 15.9 Å². The molecule has 2 rings (SSSR count). The fourth-order valence-corrected chi connectivity index (χ4v) is 2.09. The molecule has 0 saturated heterocycles. The average molecular weight is 367 g/mol. The van der Waals surface area contributed by atoms with Gasteiger partial charge < -0.3 is 0 Å². The predicted molar refractivity (Wildman–Crippen MR) is 85.6 cm³/mol. The van der Waals surface area contributed by atoms with Crippen molar-refractivity contribution in [2.24, 2.45) is 0 Å². The lowest BCUT2D eigenvalue weighted by atomic mass is 10.1. The molecule has 6 heteroatoms. The number of rotatable bonds is 4. The Hall–Kier alpha value is -1.98. The van der Waals surface area contributed by atoms with Crippen LogP contribution in [0.15, 0.2) is 53.0 Å². The standard InChI is InChI=1S/C15H9BrClNO3/c16-12-4-1-10(2-5-12)15(19)8-3-11-9-13(18(20)21)6-7-14(11)17/h1-9H. The molecule has 4 nitrogen and oxygen atoms in total. The monoisotopic (exact) mass is 365 g/mol. The smallest absolute Gasteiger partial charge is 0.270 e. The average Bonchev–Trinajstić information content (AvgIpc) is 2.46. The summed E-state index contributed by atoms with van der Waals surface area (Å²) in [6.45, 7) is 0. The maximum Gasteiger partial charge on any atom is 0.270 e. The van der Waals surface area contributed by atoms with E-state index in [4.69, 9.17) is 11.6 Å². The van der Waals surface area contributed by atoms with E-state index in [0.717, 1.165) is 4.47 Å². The number of nitrogens with zero attached hydrogens (tertiary/aromatic N) is 1. The van der Waals surface area contributed by atoms with E-state index in [1.807, 2.05) is 0 Å². The van der Waals surface area contributed by atoms with E-state index in [-0.39, 0.29) is 11.5 Å². The van der Waals surface area contributed by atoms with Crippen molar-refractivity contribution in [3.05, 3.63) is 79.3 Å². The lowest BCUT2D eigenvalue weighted by molar-refractivity contribution is -0.384. The number of nitro groups is 1. The SMILES string of the molecule is O=C(C=Cc1cc([N+](=O)[O-])ccc1Cl)c1ccc(Br)cc1. The molecule has 0 unspecified atom stereocenters. The van der Waals surface area contributed by atoms with Crippen molar-refractivity contribution in [2.45, 2.75) is 0 Å². The molecule has 0 saturated carbocycles. The second-order valence-electron chi connectivity index (χ2n) is 4.17. The minimum absolute atomic E-state index is 0.0739. The highest BCUT2D eigenvalue weighted by molar-refractivity contribution is 9.10. The van der Waals surface area contributed by atoms with E-state index in [2.05, 4.69) is 15.9 Å². The molecule has 0 amide bonds. The predicted octanol–water partition coefficient (Wildman–Crippen LogP) is 4.91. The van der Waals surface area contributed by atoms with E-state index >= 15 is 0 Å². The van der Waals surface area contributed by atoms with Gasteiger partial charge in [-0.15, -0.1) is 0 Å². The molecule has 2 aromatic rings. The van der Waals surface area contributed by atoms with Crippen LogP contribution in [0.5, 0.6) is 0 Å². The minimum Gasteiger partial charge on any atom is -0.289 e. The summed E-state index contributed by atoms with van der Waals surface area (Å²) >= 11 is 9.25. The fourth-order valence-electron chi connectivity index (χ4n) is 1.65. The van der Waals surface area contributed by atoms with Crippen molar-refractivity contribution < 1.29 is 9.72 Å². The summed E-state index contributed by atoms with van der Waals surface area (Å²) in [5.41, 5.74) is 0.877. The Morgan fingerprint density at radius 2 is 1.86 bits per heavy atom. The summed E-state index contributed by atoms with van der Waals surface area (Å²) in [4.78, 5) is 22.2. The molecular formula is C15H9BrClNO3. The van der Waals surface area contributed by atoms with Gasteiger partial charge in [-0.2, -0.15) is 0 Å². The van der Waals surface area contributed by atoms with E-state index in [0.29, 0.717) is 16.1 Å². The third kappa shape index (κ3) is 4.00. The molecule has 0 spiro atoms. The number of ketones is 1. The van der Waals surface area contributed by atoms with Crippen molar-refractivity contribution in [1.29, 1.82) is 0 Å². The van der Waals surface area contributed by atoms with Gasteiger partial charge in [-0.05, 0) is 48.0 Å². The zero-order valence-corrected chi connectivity index (χ0v) is 13.0. The zero-order valence-electron chi connectivity index (χ0n) is 10.6. The molecule has 106 valence electrons. The molecule has 0 aliphatic carbocycles. The van der Waals surface area contributed by atoms with Crippen LogP contribution in [0.3, 0.4) is 0 Å². The van der Waals surface area contributed by atoms with Crippen molar-refractivity contribution in [3.8, 4) is 0 Å². The van der Waals surface area contributed by atoms with Crippen LogP contribution in [0, 0.1) is 10.1 Å². The normalized spacial score (nSPS) is 10.8. The summed E-state index contributed by atoms with van der Waals surface area (Å²) in [5, 5.41) is 11.1.